The van der Waals surface area contributed by atoms with Crippen LogP contribution in [-0.4, -0.2) is 6.29 Å². The summed E-state index contributed by atoms with van der Waals surface area (Å²) in [5, 5.41) is 0. The molecule has 2 aromatic rings. The lowest BCUT2D eigenvalue weighted by atomic mass is 10.1. The van der Waals surface area contributed by atoms with Crippen molar-refractivity contribution in [1.29, 1.82) is 0 Å². The topological polar surface area (TPSA) is 26.3 Å². The number of aldehydes is 1. The summed E-state index contributed by atoms with van der Waals surface area (Å²) in [7, 11) is 0. The maximum Gasteiger partial charge on any atom is 0.151 e. The maximum atomic E-state index is 10.7. The number of halogens is 1. The number of aryl methyl sites for hydroxylation is 1. The lowest BCUT2D eigenvalue weighted by Gasteiger charge is -2.08. The summed E-state index contributed by atoms with van der Waals surface area (Å²) >= 11 is 3.35. The maximum absolute atomic E-state index is 10.7. The first-order valence-electron chi connectivity index (χ1n) is 6.74. The molecule has 0 saturated carbocycles. The fraction of sp³-hybridized carbons (Fsp3) is 0.235. The average Bonchev–Trinajstić information content (AvgIpc) is 2.47. The molecule has 3 heteroatoms. The van der Waals surface area contributed by atoms with Gasteiger partial charge in [0, 0.05) is 10.0 Å². The van der Waals surface area contributed by atoms with Gasteiger partial charge in [-0.3, -0.25) is 4.79 Å². The van der Waals surface area contributed by atoms with Gasteiger partial charge in [-0.2, -0.15) is 0 Å². The normalized spacial score (nSPS) is 10.3. The summed E-state index contributed by atoms with van der Waals surface area (Å²) < 4.78 is 6.51. The van der Waals surface area contributed by atoms with Crippen molar-refractivity contribution in [2.24, 2.45) is 0 Å². The largest absolute Gasteiger partial charge is 0.457 e. The van der Waals surface area contributed by atoms with Crippen molar-refractivity contribution < 1.29 is 9.53 Å². The third-order valence-corrected chi connectivity index (χ3v) is 3.76. The number of ether oxygens (including phenoxy) is 1. The van der Waals surface area contributed by atoms with E-state index in [0.717, 1.165) is 22.9 Å². The first-order chi connectivity index (χ1) is 9.72. The van der Waals surface area contributed by atoms with Gasteiger partial charge in [0.1, 0.15) is 11.5 Å². The highest BCUT2D eigenvalue weighted by Crippen LogP contribution is 2.26. The monoisotopic (exact) mass is 332 g/mol. The van der Waals surface area contributed by atoms with Crippen LogP contribution in [0, 0.1) is 0 Å². The van der Waals surface area contributed by atoms with Crippen LogP contribution in [0.5, 0.6) is 11.5 Å². The summed E-state index contributed by atoms with van der Waals surface area (Å²) in [6.07, 6.45) is 4.34. The predicted molar refractivity (Wildman–Crippen MR) is 84.7 cm³/mol. The molecule has 0 unspecified atom stereocenters. The Balaban J connectivity index is 2.06. The molecule has 0 heterocycles. The Bertz CT molecular complexity index is 576. The number of carbonyl (C=O) groups excluding carboxylic acids is 1. The van der Waals surface area contributed by atoms with Crippen LogP contribution in [0.15, 0.2) is 46.9 Å². The molecule has 20 heavy (non-hydrogen) atoms. The Labute approximate surface area is 127 Å². The molecule has 0 saturated heterocycles. The van der Waals surface area contributed by atoms with Crippen LogP contribution >= 0.6 is 15.9 Å². The van der Waals surface area contributed by atoms with Gasteiger partial charge in [-0.05, 0) is 64.7 Å². The van der Waals surface area contributed by atoms with Crippen LogP contribution in [0.25, 0.3) is 0 Å². The number of unbranched alkanes of at least 4 members (excludes halogenated alkanes) is 1. The third kappa shape index (κ3) is 3.94. The Kier molecular flexibility index (Phi) is 5.36. The summed E-state index contributed by atoms with van der Waals surface area (Å²) in [6, 6.07) is 13.5. The standard InChI is InChI=1S/C17H17BrO2/c1-2-3-4-13-5-8-15(9-6-13)20-16-10-7-14(12-19)17(18)11-16/h5-12H,2-4H2,1H3. The zero-order valence-electron chi connectivity index (χ0n) is 11.4. The van der Waals surface area contributed by atoms with Gasteiger partial charge in [0.2, 0.25) is 0 Å². The van der Waals surface area contributed by atoms with E-state index in [-0.39, 0.29) is 0 Å². The SMILES string of the molecule is CCCCc1ccc(Oc2ccc(C=O)c(Br)c2)cc1. The van der Waals surface area contributed by atoms with Crippen molar-refractivity contribution in [1.82, 2.24) is 0 Å². The highest BCUT2D eigenvalue weighted by Gasteiger charge is 2.03. The molecular weight excluding hydrogens is 316 g/mol. The highest BCUT2D eigenvalue weighted by molar-refractivity contribution is 9.10. The second-order valence-electron chi connectivity index (χ2n) is 4.65. The molecule has 0 aromatic heterocycles. The molecule has 104 valence electrons. The minimum Gasteiger partial charge on any atom is -0.457 e. The van der Waals surface area contributed by atoms with Gasteiger partial charge in [0.15, 0.2) is 6.29 Å². The van der Waals surface area contributed by atoms with Gasteiger partial charge >= 0.3 is 0 Å². The number of hydrogen-bond donors (Lipinski definition) is 0. The predicted octanol–water partition coefficient (Wildman–Crippen LogP) is 5.40. The Morgan fingerprint density at radius 2 is 1.80 bits per heavy atom. The lowest BCUT2D eigenvalue weighted by Crippen LogP contribution is -1.88. The average molecular weight is 333 g/mol. The molecule has 0 aliphatic carbocycles. The van der Waals surface area contributed by atoms with Crippen LogP contribution in [0.1, 0.15) is 35.7 Å². The Hall–Kier alpha value is -1.61. The van der Waals surface area contributed by atoms with E-state index in [2.05, 4.69) is 35.0 Å². The summed E-state index contributed by atoms with van der Waals surface area (Å²) in [5.74, 6) is 1.51. The van der Waals surface area contributed by atoms with Crippen molar-refractivity contribution >= 4 is 22.2 Å². The summed E-state index contributed by atoms with van der Waals surface area (Å²) in [4.78, 5) is 10.7. The van der Waals surface area contributed by atoms with Gasteiger partial charge in [0.25, 0.3) is 0 Å². The molecule has 0 radical (unpaired) electrons. The minimum atomic E-state index is 0.618. The van der Waals surface area contributed by atoms with E-state index in [1.807, 2.05) is 12.1 Å². The summed E-state index contributed by atoms with van der Waals surface area (Å²) in [5.41, 5.74) is 1.95. The van der Waals surface area contributed by atoms with Gasteiger partial charge in [-0.25, -0.2) is 0 Å². The van der Waals surface area contributed by atoms with Crippen LogP contribution in [0.4, 0.5) is 0 Å². The van der Waals surface area contributed by atoms with E-state index in [1.165, 1.54) is 18.4 Å². The van der Waals surface area contributed by atoms with Crippen molar-refractivity contribution in [2.75, 3.05) is 0 Å². The van der Waals surface area contributed by atoms with E-state index >= 15 is 0 Å². The molecule has 2 aromatic carbocycles. The Morgan fingerprint density at radius 3 is 2.40 bits per heavy atom. The van der Waals surface area contributed by atoms with Crippen LogP contribution in [-0.2, 0) is 6.42 Å². The minimum absolute atomic E-state index is 0.618. The highest BCUT2D eigenvalue weighted by atomic mass is 79.9. The molecule has 0 atom stereocenters. The summed E-state index contributed by atoms with van der Waals surface area (Å²) in [6.45, 7) is 2.19. The quantitative estimate of drug-likeness (QED) is 0.662. The number of carbonyl (C=O) groups is 1. The van der Waals surface area contributed by atoms with E-state index in [4.69, 9.17) is 4.74 Å². The molecule has 0 bridgehead atoms. The van der Waals surface area contributed by atoms with Crippen molar-refractivity contribution in [3.8, 4) is 11.5 Å². The van der Waals surface area contributed by atoms with Crippen molar-refractivity contribution in [2.45, 2.75) is 26.2 Å². The molecule has 0 spiro atoms. The molecular formula is C17H17BrO2. The van der Waals surface area contributed by atoms with Crippen molar-refractivity contribution in [3.05, 3.63) is 58.1 Å². The number of rotatable bonds is 6. The zero-order chi connectivity index (χ0) is 14.4. The molecule has 0 fully saturated rings. The lowest BCUT2D eigenvalue weighted by molar-refractivity contribution is 0.112. The van der Waals surface area contributed by atoms with Crippen LogP contribution < -0.4 is 4.74 Å². The zero-order valence-corrected chi connectivity index (χ0v) is 13.0. The molecule has 0 amide bonds. The second-order valence-corrected chi connectivity index (χ2v) is 5.51. The van der Waals surface area contributed by atoms with Gasteiger partial charge in [0.05, 0.1) is 0 Å². The van der Waals surface area contributed by atoms with Crippen LogP contribution in [0.2, 0.25) is 0 Å². The fourth-order valence-corrected chi connectivity index (χ4v) is 2.36. The van der Waals surface area contributed by atoms with Gasteiger partial charge in [-0.1, -0.05) is 25.5 Å². The molecule has 2 rings (SSSR count). The third-order valence-electron chi connectivity index (χ3n) is 3.08. The molecule has 0 aliphatic heterocycles. The first-order valence-corrected chi connectivity index (χ1v) is 7.53. The van der Waals surface area contributed by atoms with Gasteiger partial charge in [-0.15, -0.1) is 0 Å². The van der Waals surface area contributed by atoms with E-state index < -0.39 is 0 Å². The molecule has 0 N–H and O–H groups in total. The van der Waals surface area contributed by atoms with E-state index in [0.29, 0.717) is 11.3 Å². The second kappa shape index (κ2) is 7.25. The number of hydrogen-bond acceptors (Lipinski definition) is 2. The van der Waals surface area contributed by atoms with Crippen LogP contribution in [0.3, 0.4) is 0 Å². The van der Waals surface area contributed by atoms with Gasteiger partial charge < -0.3 is 4.74 Å². The molecule has 2 nitrogen and oxygen atoms in total. The van der Waals surface area contributed by atoms with E-state index in [1.54, 1.807) is 18.2 Å². The van der Waals surface area contributed by atoms with Crippen molar-refractivity contribution in [3.63, 3.8) is 0 Å². The smallest absolute Gasteiger partial charge is 0.151 e. The Morgan fingerprint density at radius 1 is 1.10 bits per heavy atom. The number of benzene rings is 2. The van der Waals surface area contributed by atoms with E-state index in [9.17, 15) is 4.79 Å². The fourth-order valence-electron chi connectivity index (χ4n) is 1.91. The first kappa shape index (κ1) is 14.8. The molecule has 0 aliphatic rings.